The van der Waals surface area contributed by atoms with E-state index in [1.54, 1.807) is 11.0 Å². The largest absolute Gasteiger partial charge is 0.355 e. The molecule has 6 nitrogen and oxygen atoms in total. The summed E-state index contributed by atoms with van der Waals surface area (Å²) >= 11 is 4.84. The molecule has 1 atom stereocenters. The zero-order valence-electron chi connectivity index (χ0n) is 14.6. The lowest BCUT2D eigenvalue weighted by Crippen LogP contribution is -2.38. The third-order valence-electron chi connectivity index (χ3n) is 4.35. The van der Waals surface area contributed by atoms with Gasteiger partial charge in [-0.25, -0.2) is 0 Å². The highest BCUT2D eigenvalue weighted by Crippen LogP contribution is 2.31. The summed E-state index contributed by atoms with van der Waals surface area (Å²) in [4.78, 5) is 39.1. The highest BCUT2D eigenvalue weighted by molar-refractivity contribution is 9.10. The summed E-state index contributed by atoms with van der Waals surface area (Å²) in [7, 11) is 0. The van der Waals surface area contributed by atoms with Crippen molar-refractivity contribution in [3.63, 3.8) is 0 Å². The first-order valence-corrected chi connectivity index (χ1v) is 10.4. The number of benzene rings is 1. The van der Waals surface area contributed by atoms with Crippen molar-refractivity contribution in [3.8, 4) is 0 Å². The molecular formula is C19H20BrN3O3S. The zero-order chi connectivity index (χ0) is 19.2. The van der Waals surface area contributed by atoms with E-state index in [1.165, 1.54) is 11.3 Å². The summed E-state index contributed by atoms with van der Waals surface area (Å²) in [6, 6.07) is 11.1. The Labute approximate surface area is 170 Å². The number of hydrogen-bond donors (Lipinski definition) is 2. The van der Waals surface area contributed by atoms with Gasteiger partial charge >= 0.3 is 0 Å². The number of carbonyl (C=O) groups excluding carboxylic acids is 3. The highest BCUT2D eigenvalue weighted by atomic mass is 79.9. The Hall–Kier alpha value is -2.19. The predicted molar refractivity (Wildman–Crippen MR) is 109 cm³/mol. The van der Waals surface area contributed by atoms with Crippen molar-refractivity contribution in [3.05, 3.63) is 51.1 Å². The summed E-state index contributed by atoms with van der Waals surface area (Å²) < 4.78 is 0.834. The molecular weight excluding hydrogens is 430 g/mol. The van der Waals surface area contributed by atoms with Crippen LogP contribution in [0.25, 0.3) is 0 Å². The van der Waals surface area contributed by atoms with Gasteiger partial charge in [-0.3, -0.25) is 14.4 Å². The van der Waals surface area contributed by atoms with Crippen LogP contribution in [0.5, 0.6) is 0 Å². The molecule has 2 aromatic rings. The van der Waals surface area contributed by atoms with Crippen molar-refractivity contribution in [2.24, 2.45) is 5.92 Å². The molecule has 1 saturated heterocycles. The lowest BCUT2D eigenvalue weighted by Gasteiger charge is -2.18. The normalized spacial score (nSPS) is 16.4. The quantitative estimate of drug-likeness (QED) is 0.503. The summed E-state index contributed by atoms with van der Waals surface area (Å²) in [5.41, 5.74) is 0.786. The fourth-order valence-corrected chi connectivity index (χ4v) is 4.09. The number of amides is 3. The molecule has 1 fully saturated rings. The van der Waals surface area contributed by atoms with Gasteiger partial charge < -0.3 is 15.5 Å². The van der Waals surface area contributed by atoms with E-state index in [-0.39, 0.29) is 17.7 Å². The van der Waals surface area contributed by atoms with E-state index in [2.05, 4.69) is 26.6 Å². The van der Waals surface area contributed by atoms with Crippen LogP contribution in [0.1, 0.15) is 22.5 Å². The Morgan fingerprint density at radius 1 is 1.15 bits per heavy atom. The minimum absolute atomic E-state index is 0.105. The monoisotopic (exact) mass is 449 g/mol. The average Bonchev–Trinajstić information content (AvgIpc) is 3.32. The van der Waals surface area contributed by atoms with E-state index < -0.39 is 5.92 Å². The molecule has 1 aliphatic rings. The van der Waals surface area contributed by atoms with E-state index in [0.717, 1.165) is 10.2 Å². The molecule has 0 bridgehead atoms. The fourth-order valence-electron chi connectivity index (χ4n) is 2.95. The molecule has 1 aromatic carbocycles. The number of anilines is 1. The Bertz CT molecular complexity index is 825. The molecule has 2 heterocycles. The highest BCUT2D eigenvalue weighted by Gasteiger charge is 2.37. The molecule has 3 rings (SSSR count). The Kier molecular flexibility index (Phi) is 6.63. The Morgan fingerprint density at radius 3 is 2.67 bits per heavy atom. The molecule has 1 aromatic heterocycles. The first-order valence-electron chi connectivity index (χ1n) is 8.73. The summed E-state index contributed by atoms with van der Waals surface area (Å²) in [5.74, 6) is -1.19. The van der Waals surface area contributed by atoms with Gasteiger partial charge in [-0.2, -0.15) is 0 Å². The second-order valence-corrected chi connectivity index (χ2v) is 7.96. The van der Waals surface area contributed by atoms with Crippen molar-refractivity contribution >= 4 is 50.7 Å². The van der Waals surface area contributed by atoms with Gasteiger partial charge in [-0.05, 0) is 52.4 Å². The number of nitrogens with one attached hydrogen (secondary N) is 2. The van der Waals surface area contributed by atoms with Crippen molar-refractivity contribution < 1.29 is 14.4 Å². The van der Waals surface area contributed by atoms with Crippen molar-refractivity contribution in [2.45, 2.75) is 12.8 Å². The molecule has 0 saturated carbocycles. The number of hydrogen-bond acceptors (Lipinski definition) is 4. The lowest BCUT2D eigenvalue weighted by molar-refractivity contribution is -0.132. The number of nitrogens with zero attached hydrogens (tertiary/aromatic N) is 1. The number of carbonyl (C=O) groups is 3. The molecule has 1 unspecified atom stereocenters. The van der Waals surface area contributed by atoms with E-state index in [0.29, 0.717) is 37.4 Å². The fraction of sp³-hybridized carbons (Fsp3) is 0.316. The standard InChI is InChI=1S/C19H20BrN3O3S/c20-14-5-1-2-6-15(14)23-11-8-13(19(23)26)17(24)21-9-4-10-22-18(25)16-7-3-12-27-16/h1-3,5-7,12-13H,4,8-11H2,(H,21,24)(H,22,25). The van der Waals surface area contributed by atoms with Gasteiger partial charge in [0.15, 0.2) is 0 Å². The van der Waals surface area contributed by atoms with Crippen molar-refractivity contribution in [2.75, 3.05) is 24.5 Å². The van der Waals surface area contributed by atoms with E-state index >= 15 is 0 Å². The van der Waals surface area contributed by atoms with Crippen molar-refractivity contribution in [1.82, 2.24) is 10.6 Å². The van der Waals surface area contributed by atoms with E-state index in [9.17, 15) is 14.4 Å². The van der Waals surface area contributed by atoms with Crippen LogP contribution in [0.2, 0.25) is 0 Å². The van der Waals surface area contributed by atoms with Crippen LogP contribution in [0.4, 0.5) is 5.69 Å². The van der Waals surface area contributed by atoms with Gasteiger partial charge in [-0.15, -0.1) is 11.3 Å². The maximum absolute atomic E-state index is 12.6. The third-order valence-corrected chi connectivity index (χ3v) is 5.89. The second-order valence-electron chi connectivity index (χ2n) is 6.16. The van der Waals surface area contributed by atoms with Crippen LogP contribution in [-0.4, -0.2) is 37.4 Å². The summed E-state index contributed by atoms with van der Waals surface area (Å²) in [6.07, 6.45) is 1.11. The van der Waals surface area contributed by atoms with Crippen molar-refractivity contribution in [1.29, 1.82) is 0 Å². The van der Waals surface area contributed by atoms with Gasteiger partial charge in [0.1, 0.15) is 5.92 Å². The minimum atomic E-state index is -0.655. The van der Waals surface area contributed by atoms with Gasteiger partial charge in [0.2, 0.25) is 11.8 Å². The van der Waals surface area contributed by atoms with Gasteiger partial charge in [0, 0.05) is 24.1 Å². The minimum Gasteiger partial charge on any atom is -0.355 e. The van der Waals surface area contributed by atoms with Crippen LogP contribution in [0, 0.1) is 5.92 Å². The Balaban J connectivity index is 1.42. The van der Waals surface area contributed by atoms with E-state index in [1.807, 2.05) is 35.7 Å². The maximum Gasteiger partial charge on any atom is 0.261 e. The lowest BCUT2D eigenvalue weighted by atomic mass is 10.1. The zero-order valence-corrected chi connectivity index (χ0v) is 17.0. The number of halogens is 1. The molecule has 0 radical (unpaired) electrons. The summed E-state index contributed by atoms with van der Waals surface area (Å²) in [5, 5.41) is 7.47. The number of rotatable bonds is 7. The van der Waals surface area contributed by atoms with Gasteiger partial charge in [-0.1, -0.05) is 18.2 Å². The molecule has 142 valence electrons. The number of thiophene rings is 1. The number of para-hydroxylation sites is 1. The SMILES string of the molecule is O=C(NCCCNC(=O)C1CCN(c2ccccc2Br)C1=O)c1cccs1. The third kappa shape index (κ3) is 4.75. The molecule has 3 amide bonds. The molecule has 8 heteroatoms. The molecule has 0 spiro atoms. The predicted octanol–water partition coefficient (Wildman–Crippen LogP) is 2.80. The Morgan fingerprint density at radius 2 is 1.93 bits per heavy atom. The first-order chi connectivity index (χ1) is 13.1. The van der Waals surface area contributed by atoms with Crippen LogP contribution in [0.3, 0.4) is 0 Å². The molecule has 0 aliphatic carbocycles. The maximum atomic E-state index is 12.6. The molecule has 1 aliphatic heterocycles. The van der Waals surface area contributed by atoms with Crippen LogP contribution >= 0.6 is 27.3 Å². The average molecular weight is 450 g/mol. The first kappa shape index (κ1) is 19.6. The van der Waals surface area contributed by atoms with Crippen LogP contribution < -0.4 is 15.5 Å². The molecule has 2 N–H and O–H groups in total. The van der Waals surface area contributed by atoms with Crippen LogP contribution in [0.15, 0.2) is 46.3 Å². The summed E-state index contributed by atoms with van der Waals surface area (Å²) in [6.45, 7) is 1.41. The van der Waals surface area contributed by atoms with Gasteiger partial charge in [0.05, 0.1) is 10.6 Å². The van der Waals surface area contributed by atoms with E-state index in [4.69, 9.17) is 0 Å². The smallest absolute Gasteiger partial charge is 0.261 e. The van der Waals surface area contributed by atoms with Gasteiger partial charge in [0.25, 0.3) is 5.91 Å². The topological polar surface area (TPSA) is 78.5 Å². The second kappa shape index (κ2) is 9.14. The molecule has 27 heavy (non-hydrogen) atoms. The van der Waals surface area contributed by atoms with Crippen LogP contribution in [-0.2, 0) is 9.59 Å².